The van der Waals surface area contributed by atoms with E-state index in [4.69, 9.17) is 21.4 Å². The van der Waals surface area contributed by atoms with Crippen LogP contribution in [0.2, 0.25) is 5.02 Å². The number of hydrogen-bond acceptors (Lipinski definition) is 6. The number of aliphatic hydroxyl groups is 1. The molecule has 0 aromatic heterocycles. The fraction of sp³-hybridized carbons (Fsp3) is 0.125. The summed E-state index contributed by atoms with van der Waals surface area (Å²) in [5.41, 5.74) is 0.418. The van der Waals surface area contributed by atoms with Gasteiger partial charge in [-0.15, -0.1) is 0 Å². The molecule has 25 heavy (non-hydrogen) atoms. The first-order valence-electron chi connectivity index (χ1n) is 7.01. The molecule has 130 valence electrons. The SMILES string of the molecule is O=C(COC(=O)c1ccc(CO)cc1)Nc1ccc(Cl)cc1[N+](=O)[O-]. The quantitative estimate of drug-likeness (QED) is 0.462. The minimum absolute atomic E-state index is 0.0530. The predicted octanol–water partition coefficient (Wildman–Crippen LogP) is 2.54. The highest BCUT2D eigenvalue weighted by atomic mass is 35.5. The lowest BCUT2D eigenvalue weighted by molar-refractivity contribution is -0.383. The lowest BCUT2D eigenvalue weighted by atomic mass is 10.1. The fourth-order valence-electron chi connectivity index (χ4n) is 1.91. The molecule has 8 nitrogen and oxygen atoms in total. The van der Waals surface area contributed by atoms with Crippen molar-refractivity contribution in [3.63, 3.8) is 0 Å². The van der Waals surface area contributed by atoms with E-state index in [9.17, 15) is 19.7 Å². The molecular weight excluding hydrogens is 352 g/mol. The number of carbonyl (C=O) groups excluding carboxylic acids is 2. The van der Waals surface area contributed by atoms with Crippen LogP contribution in [0.3, 0.4) is 0 Å². The number of aliphatic hydroxyl groups excluding tert-OH is 1. The number of carbonyl (C=O) groups is 2. The van der Waals surface area contributed by atoms with Gasteiger partial charge in [0.25, 0.3) is 11.6 Å². The summed E-state index contributed by atoms with van der Waals surface area (Å²) in [6.45, 7) is -0.766. The van der Waals surface area contributed by atoms with Crippen LogP contribution < -0.4 is 5.32 Å². The summed E-state index contributed by atoms with van der Waals surface area (Å²) < 4.78 is 4.85. The Kier molecular flexibility index (Phi) is 6.04. The number of benzene rings is 2. The molecule has 0 unspecified atom stereocenters. The number of nitro groups is 1. The summed E-state index contributed by atoms with van der Waals surface area (Å²) >= 11 is 5.69. The smallest absolute Gasteiger partial charge is 0.338 e. The molecule has 2 N–H and O–H groups in total. The Labute approximate surface area is 147 Å². The molecule has 0 spiro atoms. The van der Waals surface area contributed by atoms with Gasteiger partial charge in [-0.1, -0.05) is 23.7 Å². The Balaban J connectivity index is 1.96. The normalized spacial score (nSPS) is 10.2. The second kappa shape index (κ2) is 8.22. The van der Waals surface area contributed by atoms with E-state index in [2.05, 4.69) is 5.32 Å². The molecule has 2 aromatic rings. The summed E-state index contributed by atoms with van der Waals surface area (Å²) in [6, 6.07) is 9.78. The molecule has 0 saturated carbocycles. The van der Waals surface area contributed by atoms with Crippen molar-refractivity contribution in [3.05, 3.63) is 68.7 Å². The third-order valence-electron chi connectivity index (χ3n) is 3.14. The van der Waals surface area contributed by atoms with E-state index in [1.165, 1.54) is 24.3 Å². The summed E-state index contributed by atoms with van der Waals surface area (Å²) in [7, 11) is 0. The molecule has 2 rings (SSSR count). The third-order valence-corrected chi connectivity index (χ3v) is 3.37. The van der Waals surface area contributed by atoms with E-state index < -0.39 is 23.4 Å². The zero-order valence-corrected chi connectivity index (χ0v) is 13.5. The van der Waals surface area contributed by atoms with Crippen molar-refractivity contribution in [1.82, 2.24) is 0 Å². The second-order valence-corrected chi connectivity index (χ2v) is 5.33. The third kappa shape index (κ3) is 5.00. The van der Waals surface area contributed by atoms with Gasteiger partial charge in [0.2, 0.25) is 0 Å². The monoisotopic (exact) mass is 364 g/mol. The Morgan fingerprint density at radius 2 is 1.88 bits per heavy atom. The van der Waals surface area contributed by atoms with Gasteiger partial charge >= 0.3 is 5.97 Å². The van der Waals surface area contributed by atoms with Crippen molar-refractivity contribution in [2.24, 2.45) is 0 Å². The van der Waals surface area contributed by atoms with Crippen molar-refractivity contribution < 1.29 is 24.4 Å². The first kappa shape index (κ1) is 18.4. The zero-order chi connectivity index (χ0) is 18.4. The molecule has 2 aromatic carbocycles. The van der Waals surface area contributed by atoms with Gasteiger partial charge in [0, 0.05) is 11.1 Å². The van der Waals surface area contributed by atoms with Crippen LogP contribution in [0, 0.1) is 10.1 Å². The van der Waals surface area contributed by atoms with E-state index in [0.29, 0.717) is 5.56 Å². The number of nitrogens with zero attached hydrogens (tertiary/aromatic N) is 1. The van der Waals surface area contributed by atoms with Gasteiger partial charge in [-0.05, 0) is 29.8 Å². The summed E-state index contributed by atoms with van der Waals surface area (Å²) in [5, 5.41) is 22.3. The van der Waals surface area contributed by atoms with Crippen LogP contribution in [0.4, 0.5) is 11.4 Å². The van der Waals surface area contributed by atoms with Crippen LogP contribution in [-0.2, 0) is 16.1 Å². The predicted molar refractivity (Wildman–Crippen MR) is 89.4 cm³/mol. The number of rotatable bonds is 6. The van der Waals surface area contributed by atoms with Crippen LogP contribution in [0.5, 0.6) is 0 Å². The molecule has 0 fully saturated rings. The standard InChI is InChI=1S/C16H13ClN2O6/c17-12-5-6-13(14(7-12)19(23)24)18-15(21)9-25-16(22)11-3-1-10(8-20)2-4-11/h1-7,20H,8-9H2,(H,18,21). The number of anilines is 1. The minimum atomic E-state index is -0.731. The zero-order valence-electron chi connectivity index (χ0n) is 12.8. The van der Waals surface area contributed by atoms with Gasteiger partial charge < -0.3 is 15.2 Å². The van der Waals surface area contributed by atoms with Crippen molar-refractivity contribution in [2.75, 3.05) is 11.9 Å². The molecule has 0 saturated heterocycles. The van der Waals surface area contributed by atoms with Crippen molar-refractivity contribution in [2.45, 2.75) is 6.61 Å². The average Bonchev–Trinajstić information content (AvgIpc) is 2.61. The summed E-state index contributed by atoms with van der Waals surface area (Å²) in [6.07, 6.45) is 0. The van der Waals surface area contributed by atoms with Gasteiger partial charge in [-0.25, -0.2) is 4.79 Å². The largest absolute Gasteiger partial charge is 0.452 e. The van der Waals surface area contributed by atoms with Crippen LogP contribution in [0.1, 0.15) is 15.9 Å². The first-order valence-corrected chi connectivity index (χ1v) is 7.39. The first-order chi connectivity index (χ1) is 11.9. The summed E-state index contributed by atoms with van der Waals surface area (Å²) in [5.74, 6) is -1.46. The Morgan fingerprint density at radius 1 is 1.20 bits per heavy atom. The number of ether oxygens (including phenoxy) is 1. The Hall–Kier alpha value is -2.97. The van der Waals surface area contributed by atoms with Crippen molar-refractivity contribution in [3.8, 4) is 0 Å². The molecule has 1 amide bonds. The molecule has 0 atom stereocenters. The van der Waals surface area contributed by atoms with Crippen LogP contribution >= 0.6 is 11.6 Å². The highest BCUT2D eigenvalue weighted by Crippen LogP contribution is 2.27. The Morgan fingerprint density at radius 3 is 2.48 bits per heavy atom. The molecule has 9 heteroatoms. The Bertz CT molecular complexity index is 807. The molecule has 0 bridgehead atoms. The number of halogens is 1. The van der Waals surface area contributed by atoms with Gasteiger partial charge in [0.1, 0.15) is 5.69 Å². The lowest BCUT2D eigenvalue weighted by Gasteiger charge is -2.07. The number of amides is 1. The van der Waals surface area contributed by atoms with Crippen LogP contribution in [0.25, 0.3) is 0 Å². The molecule has 0 heterocycles. The van der Waals surface area contributed by atoms with Crippen LogP contribution in [0.15, 0.2) is 42.5 Å². The maximum Gasteiger partial charge on any atom is 0.338 e. The van der Waals surface area contributed by atoms with E-state index >= 15 is 0 Å². The molecule has 0 aliphatic carbocycles. The maximum atomic E-state index is 11.8. The van der Waals surface area contributed by atoms with Gasteiger partial charge in [-0.3, -0.25) is 14.9 Å². The van der Waals surface area contributed by atoms with E-state index in [1.54, 1.807) is 12.1 Å². The average molecular weight is 365 g/mol. The molecule has 0 radical (unpaired) electrons. The van der Waals surface area contributed by atoms with Gasteiger partial charge in [0.05, 0.1) is 17.1 Å². The molecule has 0 aliphatic heterocycles. The molecular formula is C16H13ClN2O6. The minimum Gasteiger partial charge on any atom is -0.452 e. The van der Waals surface area contributed by atoms with Crippen LogP contribution in [-0.4, -0.2) is 28.5 Å². The molecule has 0 aliphatic rings. The maximum absolute atomic E-state index is 11.8. The van der Waals surface area contributed by atoms with E-state index in [-0.39, 0.29) is 28.6 Å². The van der Waals surface area contributed by atoms with E-state index in [1.807, 2.05) is 0 Å². The number of nitrogens with one attached hydrogen (secondary N) is 1. The van der Waals surface area contributed by atoms with Crippen molar-refractivity contribution >= 4 is 34.9 Å². The lowest BCUT2D eigenvalue weighted by Crippen LogP contribution is -2.21. The van der Waals surface area contributed by atoms with E-state index in [0.717, 1.165) is 6.07 Å². The van der Waals surface area contributed by atoms with Gasteiger partial charge in [0.15, 0.2) is 6.61 Å². The second-order valence-electron chi connectivity index (χ2n) is 4.90. The highest BCUT2D eigenvalue weighted by Gasteiger charge is 2.17. The highest BCUT2D eigenvalue weighted by molar-refractivity contribution is 6.31. The number of nitro benzene ring substituents is 1. The number of esters is 1. The topological polar surface area (TPSA) is 119 Å². The fourth-order valence-corrected chi connectivity index (χ4v) is 2.07. The number of hydrogen-bond donors (Lipinski definition) is 2. The summed E-state index contributed by atoms with van der Waals surface area (Å²) in [4.78, 5) is 33.9. The van der Waals surface area contributed by atoms with Crippen molar-refractivity contribution in [1.29, 1.82) is 0 Å². The van der Waals surface area contributed by atoms with Gasteiger partial charge in [-0.2, -0.15) is 0 Å².